The van der Waals surface area contributed by atoms with Gasteiger partial charge in [0.05, 0.1) is 5.25 Å². The van der Waals surface area contributed by atoms with Gasteiger partial charge in [0.2, 0.25) is 11.0 Å². The highest BCUT2D eigenvalue weighted by Gasteiger charge is 2.18. The van der Waals surface area contributed by atoms with Gasteiger partial charge in [0.25, 0.3) is 0 Å². The highest BCUT2D eigenvalue weighted by atomic mass is 32.2. The predicted molar refractivity (Wildman–Crippen MR) is 71.6 cm³/mol. The molecule has 9 heteroatoms. The van der Waals surface area contributed by atoms with Crippen LogP contribution in [0.3, 0.4) is 0 Å². The van der Waals surface area contributed by atoms with Crippen LogP contribution in [0, 0.1) is 0 Å². The standard InChI is InChI=1S/C9H13N5O2S2/c1-3-4-11-8-13-14-9(18-8)17-5(2)6(15)12-7(10)16/h3,5H,1,4H2,2H3,(H,11,13)(H3,10,12,15,16)/t5-/m1/s1. The maximum atomic E-state index is 11.4. The highest BCUT2D eigenvalue weighted by molar-refractivity contribution is 8.02. The van der Waals surface area contributed by atoms with E-state index < -0.39 is 17.2 Å². The predicted octanol–water partition coefficient (Wildman–Crippen LogP) is 0.812. The number of rotatable bonds is 6. The molecule has 0 aliphatic heterocycles. The number of aromatic nitrogens is 2. The van der Waals surface area contributed by atoms with Crippen LogP contribution in [0.1, 0.15) is 6.92 Å². The monoisotopic (exact) mass is 287 g/mol. The van der Waals surface area contributed by atoms with E-state index in [9.17, 15) is 9.59 Å². The first kappa shape index (κ1) is 14.5. The van der Waals surface area contributed by atoms with Crippen LogP contribution in [0.5, 0.6) is 0 Å². The molecule has 0 saturated heterocycles. The van der Waals surface area contributed by atoms with E-state index in [0.29, 0.717) is 16.0 Å². The van der Waals surface area contributed by atoms with Crippen molar-refractivity contribution < 1.29 is 9.59 Å². The number of imide groups is 1. The molecular weight excluding hydrogens is 274 g/mol. The minimum absolute atomic E-state index is 0.455. The van der Waals surface area contributed by atoms with Crippen molar-refractivity contribution in [2.45, 2.75) is 16.5 Å². The molecule has 1 rings (SSSR count). The largest absolute Gasteiger partial charge is 0.357 e. The molecule has 0 aliphatic carbocycles. The Hall–Kier alpha value is -1.61. The lowest BCUT2D eigenvalue weighted by Crippen LogP contribution is -2.39. The Bertz CT molecular complexity index is 448. The quantitative estimate of drug-likeness (QED) is 0.527. The number of amides is 3. The van der Waals surface area contributed by atoms with Crippen molar-refractivity contribution in [2.75, 3.05) is 11.9 Å². The Morgan fingerprint density at radius 1 is 1.61 bits per heavy atom. The number of carbonyl (C=O) groups is 2. The van der Waals surface area contributed by atoms with Gasteiger partial charge in [0.15, 0.2) is 4.34 Å². The number of hydrogen-bond acceptors (Lipinski definition) is 7. The number of urea groups is 1. The molecule has 0 fully saturated rings. The van der Waals surface area contributed by atoms with Crippen LogP contribution in [0.15, 0.2) is 17.0 Å². The number of thioether (sulfide) groups is 1. The fourth-order valence-corrected chi connectivity index (χ4v) is 2.82. The smallest absolute Gasteiger partial charge is 0.318 e. The molecule has 1 heterocycles. The molecule has 1 atom stereocenters. The molecule has 1 aromatic heterocycles. The summed E-state index contributed by atoms with van der Waals surface area (Å²) in [7, 11) is 0. The minimum atomic E-state index is -0.863. The zero-order valence-electron chi connectivity index (χ0n) is 9.67. The fourth-order valence-electron chi connectivity index (χ4n) is 0.916. The number of nitrogens with one attached hydrogen (secondary N) is 2. The van der Waals surface area contributed by atoms with E-state index in [1.807, 2.05) is 5.32 Å². The molecule has 0 radical (unpaired) electrons. The molecule has 3 amide bonds. The van der Waals surface area contributed by atoms with Gasteiger partial charge in [-0.25, -0.2) is 4.79 Å². The molecular formula is C9H13N5O2S2. The van der Waals surface area contributed by atoms with E-state index in [1.54, 1.807) is 13.0 Å². The lowest BCUT2D eigenvalue weighted by atomic mass is 10.4. The number of anilines is 1. The van der Waals surface area contributed by atoms with Gasteiger partial charge in [-0.15, -0.1) is 16.8 Å². The van der Waals surface area contributed by atoms with Crippen LogP contribution in [0.25, 0.3) is 0 Å². The topological polar surface area (TPSA) is 110 Å². The van der Waals surface area contributed by atoms with Gasteiger partial charge >= 0.3 is 6.03 Å². The van der Waals surface area contributed by atoms with Crippen LogP contribution in [-0.2, 0) is 4.79 Å². The van der Waals surface area contributed by atoms with Crippen molar-refractivity contribution in [3.05, 3.63) is 12.7 Å². The van der Waals surface area contributed by atoms with E-state index in [1.165, 1.54) is 23.1 Å². The molecule has 0 saturated carbocycles. The second-order valence-corrected chi connectivity index (χ2v) is 5.72. The molecule has 4 N–H and O–H groups in total. The third-order valence-corrected chi connectivity index (χ3v) is 3.76. The van der Waals surface area contributed by atoms with Crippen molar-refractivity contribution in [2.24, 2.45) is 5.73 Å². The molecule has 7 nitrogen and oxygen atoms in total. The Labute approximate surface area is 112 Å². The van der Waals surface area contributed by atoms with Crippen molar-refractivity contribution >= 4 is 40.2 Å². The van der Waals surface area contributed by atoms with Crippen LogP contribution < -0.4 is 16.4 Å². The van der Waals surface area contributed by atoms with Crippen molar-refractivity contribution in [1.29, 1.82) is 0 Å². The lowest BCUT2D eigenvalue weighted by molar-refractivity contribution is -0.119. The summed E-state index contributed by atoms with van der Waals surface area (Å²) in [6, 6.07) is -0.863. The van der Waals surface area contributed by atoms with Gasteiger partial charge in [-0.1, -0.05) is 29.2 Å². The summed E-state index contributed by atoms with van der Waals surface area (Å²) in [5.74, 6) is -0.455. The summed E-state index contributed by atoms with van der Waals surface area (Å²) in [5.41, 5.74) is 4.86. The first-order valence-corrected chi connectivity index (χ1v) is 6.67. The summed E-state index contributed by atoms with van der Waals surface area (Å²) in [5, 5.41) is 13.0. The van der Waals surface area contributed by atoms with Crippen molar-refractivity contribution in [3.63, 3.8) is 0 Å². The molecule has 0 spiro atoms. The van der Waals surface area contributed by atoms with Gasteiger partial charge in [-0.3, -0.25) is 10.1 Å². The summed E-state index contributed by atoms with van der Waals surface area (Å²) in [6.45, 7) is 5.82. The summed E-state index contributed by atoms with van der Waals surface area (Å²) in [4.78, 5) is 22.0. The van der Waals surface area contributed by atoms with Crippen LogP contribution in [0.4, 0.5) is 9.93 Å². The molecule has 1 aromatic rings. The summed E-state index contributed by atoms with van der Waals surface area (Å²) < 4.78 is 0.633. The molecule has 0 aliphatic rings. The number of carbonyl (C=O) groups excluding carboxylic acids is 2. The van der Waals surface area contributed by atoms with Crippen molar-refractivity contribution in [1.82, 2.24) is 15.5 Å². The second-order valence-electron chi connectivity index (χ2n) is 3.16. The fraction of sp³-hybridized carbons (Fsp3) is 0.333. The Morgan fingerprint density at radius 3 is 2.94 bits per heavy atom. The zero-order valence-corrected chi connectivity index (χ0v) is 11.3. The molecule has 0 aromatic carbocycles. The Kier molecular flexibility index (Phi) is 5.59. The maximum absolute atomic E-state index is 11.4. The van der Waals surface area contributed by atoms with E-state index in [4.69, 9.17) is 5.73 Å². The second kappa shape index (κ2) is 6.97. The Balaban J connectivity index is 2.51. The molecule has 0 unspecified atom stereocenters. The number of nitrogens with two attached hydrogens (primary N) is 1. The SMILES string of the molecule is C=CCNc1nnc(S[C@H](C)C(=O)NC(N)=O)s1. The average molecular weight is 287 g/mol. The highest BCUT2D eigenvalue weighted by Crippen LogP contribution is 2.28. The van der Waals surface area contributed by atoms with Gasteiger partial charge in [0, 0.05) is 6.54 Å². The minimum Gasteiger partial charge on any atom is -0.357 e. The van der Waals surface area contributed by atoms with E-state index in [-0.39, 0.29) is 0 Å². The number of hydrogen-bond donors (Lipinski definition) is 3. The van der Waals surface area contributed by atoms with Crippen LogP contribution in [0.2, 0.25) is 0 Å². The van der Waals surface area contributed by atoms with Gasteiger partial charge in [-0.05, 0) is 6.92 Å². The van der Waals surface area contributed by atoms with Gasteiger partial charge in [-0.2, -0.15) is 0 Å². The summed E-state index contributed by atoms with van der Waals surface area (Å²) in [6.07, 6.45) is 1.71. The number of primary amides is 1. The first-order valence-electron chi connectivity index (χ1n) is 4.98. The maximum Gasteiger partial charge on any atom is 0.318 e. The van der Waals surface area contributed by atoms with Crippen molar-refractivity contribution in [3.8, 4) is 0 Å². The third kappa shape index (κ3) is 4.72. The third-order valence-electron chi connectivity index (χ3n) is 1.70. The normalized spacial score (nSPS) is 11.6. The number of nitrogens with zero attached hydrogens (tertiary/aromatic N) is 2. The lowest BCUT2D eigenvalue weighted by Gasteiger charge is -2.06. The van der Waals surface area contributed by atoms with Gasteiger partial charge in [0.1, 0.15) is 0 Å². The van der Waals surface area contributed by atoms with Crippen LogP contribution in [-0.4, -0.2) is 33.9 Å². The van der Waals surface area contributed by atoms with E-state index in [0.717, 1.165) is 0 Å². The van der Waals surface area contributed by atoms with E-state index in [2.05, 4.69) is 22.1 Å². The molecule has 18 heavy (non-hydrogen) atoms. The summed E-state index contributed by atoms with van der Waals surface area (Å²) >= 11 is 2.53. The van der Waals surface area contributed by atoms with Crippen LogP contribution >= 0.6 is 23.1 Å². The van der Waals surface area contributed by atoms with Gasteiger partial charge < -0.3 is 11.1 Å². The Morgan fingerprint density at radius 2 is 2.33 bits per heavy atom. The first-order chi connectivity index (χ1) is 8.52. The average Bonchev–Trinajstić information content (AvgIpc) is 2.73. The molecule has 0 bridgehead atoms. The molecule has 98 valence electrons. The zero-order chi connectivity index (χ0) is 13.5. The van der Waals surface area contributed by atoms with E-state index >= 15 is 0 Å².